The fraction of sp³-hybridized carbons (Fsp3) is 0.353. The van der Waals surface area contributed by atoms with E-state index in [1.165, 1.54) is 12.1 Å². The van der Waals surface area contributed by atoms with Crippen molar-refractivity contribution in [2.75, 3.05) is 6.54 Å². The van der Waals surface area contributed by atoms with E-state index in [0.717, 1.165) is 17.7 Å². The second-order valence-corrected chi connectivity index (χ2v) is 5.43. The van der Waals surface area contributed by atoms with Gasteiger partial charge in [0.05, 0.1) is 0 Å². The Morgan fingerprint density at radius 2 is 2.14 bits per heavy atom. The quantitative estimate of drug-likeness (QED) is 0.846. The molecule has 4 heteroatoms. The van der Waals surface area contributed by atoms with Crippen molar-refractivity contribution < 1.29 is 9.13 Å². The van der Waals surface area contributed by atoms with Gasteiger partial charge in [-0.1, -0.05) is 19.9 Å². The summed E-state index contributed by atoms with van der Waals surface area (Å²) in [5, 5.41) is 3.31. The van der Waals surface area contributed by atoms with Gasteiger partial charge >= 0.3 is 0 Å². The molecule has 112 valence electrons. The summed E-state index contributed by atoms with van der Waals surface area (Å²) in [6, 6.07) is 8.44. The number of nitrogens with one attached hydrogen (secondary N) is 1. The highest BCUT2D eigenvalue weighted by atomic mass is 19.1. The number of hydrogen-bond acceptors (Lipinski definition) is 3. The topological polar surface area (TPSA) is 34.1 Å². The van der Waals surface area contributed by atoms with E-state index in [2.05, 4.69) is 24.1 Å². The zero-order valence-electron chi connectivity index (χ0n) is 12.5. The minimum absolute atomic E-state index is 0.245. The molecule has 0 atom stereocenters. The van der Waals surface area contributed by atoms with Crippen LogP contribution in [-0.2, 0) is 13.2 Å². The number of nitrogens with zero attached hydrogens (tertiary/aromatic N) is 1. The summed E-state index contributed by atoms with van der Waals surface area (Å²) < 4.78 is 19.2. The molecule has 2 rings (SSSR count). The molecule has 21 heavy (non-hydrogen) atoms. The zero-order valence-corrected chi connectivity index (χ0v) is 12.5. The average Bonchev–Trinajstić information content (AvgIpc) is 2.47. The van der Waals surface area contributed by atoms with Crippen LogP contribution in [0.3, 0.4) is 0 Å². The van der Waals surface area contributed by atoms with Gasteiger partial charge in [0, 0.05) is 30.1 Å². The van der Waals surface area contributed by atoms with Gasteiger partial charge in [-0.2, -0.15) is 0 Å². The standard InChI is InChI=1S/C17H21FN2O/c1-13(2)9-20-11-15-8-16(18)5-6-17(15)21-12-14-4-3-7-19-10-14/h3-8,10,13,20H,9,11-12H2,1-2H3. The Morgan fingerprint density at radius 1 is 1.29 bits per heavy atom. The second kappa shape index (κ2) is 7.74. The molecule has 0 saturated carbocycles. The predicted octanol–water partition coefficient (Wildman–Crippen LogP) is 3.55. The van der Waals surface area contributed by atoms with Gasteiger partial charge in [-0.15, -0.1) is 0 Å². The third-order valence-electron chi connectivity index (χ3n) is 3.01. The van der Waals surface area contributed by atoms with E-state index < -0.39 is 0 Å². The molecular formula is C17H21FN2O. The Kier molecular flexibility index (Phi) is 5.69. The molecule has 0 aliphatic heterocycles. The van der Waals surface area contributed by atoms with E-state index in [9.17, 15) is 4.39 Å². The summed E-state index contributed by atoms with van der Waals surface area (Å²) in [5.41, 5.74) is 1.82. The lowest BCUT2D eigenvalue weighted by atomic mass is 10.1. The maximum atomic E-state index is 13.4. The van der Waals surface area contributed by atoms with Gasteiger partial charge in [-0.3, -0.25) is 4.98 Å². The first-order valence-electron chi connectivity index (χ1n) is 7.16. The zero-order chi connectivity index (χ0) is 15.1. The lowest BCUT2D eigenvalue weighted by Gasteiger charge is -2.13. The van der Waals surface area contributed by atoms with Gasteiger partial charge < -0.3 is 10.1 Å². The van der Waals surface area contributed by atoms with Crippen LogP contribution in [0.5, 0.6) is 5.75 Å². The summed E-state index contributed by atoms with van der Waals surface area (Å²) in [7, 11) is 0. The van der Waals surface area contributed by atoms with Crippen molar-refractivity contribution in [2.24, 2.45) is 5.92 Å². The predicted molar refractivity (Wildman–Crippen MR) is 81.5 cm³/mol. The monoisotopic (exact) mass is 288 g/mol. The SMILES string of the molecule is CC(C)CNCc1cc(F)ccc1OCc1cccnc1. The average molecular weight is 288 g/mol. The maximum absolute atomic E-state index is 13.4. The Bertz CT molecular complexity index is 558. The molecular weight excluding hydrogens is 267 g/mol. The summed E-state index contributed by atoms with van der Waals surface area (Å²) in [5.74, 6) is 1.01. The summed E-state index contributed by atoms with van der Waals surface area (Å²) in [4.78, 5) is 4.05. The number of aromatic nitrogens is 1. The van der Waals surface area contributed by atoms with E-state index in [0.29, 0.717) is 24.8 Å². The highest BCUT2D eigenvalue weighted by Gasteiger charge is 2.06. The molecule has 0 unspecified atom stereocenters. The van der Waals surface area contributed by atoms with E-state index in [1.807, 2.05) is 12.1 Å². The van der Waals surface area contributed by atoms with Crippen molar-refractivity contribution in [3.05, 3.63) is 59.7 Å². The number of pyridine rings is 1. The molecule has 1 aromatic heterocycles. The third kappa shape index (κ3) is 5.16. The van der Waals surface area contributed by atoms with Gasteiger partial charge in [0.25, 0.3) is 0 Å². The minimum atomic E-state index is -0.245. The van der Waals surface area contributed by atoms with E-state index in [-0.39, 0.29) is 5.82 Å². The van der Waals surface area contributed by atoms with Crippen LogP contribution in [0, 0.1) is 11.7 Å². The fourth-order valence-electron chi connectivity index (χ4n) is 1.97. The second-order valence-electron chi connectivity index (χ2n) is 5.43. The van der Waals surface area contributed by atoms with Gasteiger partial charge in [0.15, 0.2) is 0 Å². The van der Waals surface area contributed by atoms with Crippen LogP contribution in [0.15, 0.2) is 42.7 Å². The summed E-state index contributed by atoms with van der Waals surface area (Å²) in [6.07, 6.45) is 3.49. The minimum Gasteiger partial charge on any atom is -0.489 e. The van der Waals surface area contributed by atoms with Gasteiger partial charge in [0.2, 0.25) is 0 Å². The number of halogens is 1. The fourth-order valence-corrected chi connectivity index (χ4v) is 1.97. The van der Waals surface area contributed by atoms with Crippen LogP contribution < -0.4 is 10.1 Å². The Balaban J connectivity index is 2.00. The molecule has 0 saturated heterocycles. The molecule has 0 fully saturated rings. The van der Waals surface area contributed by atoms with Crippen molar-refractivity contribution in [2.45, 2.75) is 27.0 Å². The van der Waals surface area contributed by atoms with Crippen molar-refractivity contribution in [3.63, 3.8) is 0 Å². The molecule has 0 bridgehead atoms. The van der Waals surface area contributed by atoms with Gasteiger partial charge in [-0.25, -0.2) is 4.39 Å². The van der Waals surface area contributed by atoms with Crippen LogP contribution in [-0.4, -0.2) is 11.5 Å². The molecule has 0 spiro atoms. The molecule has 3 nitrogen and oxygen atoms in total. The van der Waals surface area contributed by atoms with Crippen molar-refractivity contribution in [1.29, 1.82) is 0 Å². The van der Waals surface area contributed by atoms with Crippen LogP contribution in [0.4, 0.5) is 4.39 Å². The van der Waals surface area contributed by atoms with Gasteiger partial charge in [-0.05, 0) is 36.7 Å². The van der Waals surface area contributed by atoms with E-state index in [1.54, 1.807) is 18.5 Å². The lowest BCUT2D eigenvalue weighted by molar-refractivity contribution is 0.301. The third-order valence-corrected chi connectivity index (χ3v) is 3.01. The summed E-state index contributed by atoms with van der Waals surface area (Å²) >= 11 is 0. The Hall–Kier alpha value is -1.94. The smallest absolute Gasteiger partial charge is 0.124 e. The molecule has 1 N–H and O–H groups in total. The number of hydrogen-bond donors (Lipinski definition) is 1. The van der Waals surface area contributed by atoms with Crippen molar-refractivity contribution in [3.8, 4) is 5.75 Å². The van der Waals surface area contributed by atoms with Gasteiger partial charge in [0.1, 0.15) is 18.2 Å². The highest BCUT2D eigenvalue weighted by Crippen LogP contribution is 2.21. The normalized spacial score (nSPS) is 10.9. The highest BCUT2D eigenvalue weighted by molar-refractivity contribution is 5.34. The number of ether oxygens (including phenoxy) is 1. The Labute approximate surface area is 125 Å². The van der Waals surface area contributed by atoms with Crippen LogP contribution >= 0.6 is 0 Å². The molecule has 0 aliphatic carbocycles. The first kappa shape index (κ1) is 15.4. The molecule has 0 aliphatic rings. The Morgan fingerprint density at radius 3 is 2.86 bits per heavy atom. The van der Waals surface area contributed by atoms with E-state index in [4.69, 9.17) is 4.74 Å². The number of benzene rings is 1. The van der Waals surface area contributed by atoms with Crippen LogP contribution in [0.2, 0.25) is 0 Å². The largest absolute Gasteiger partial charge is 0.489 e. The van der Waals surface area contributed by atoms with Crippen LogP contribution in [0.25, 0.3) is 0 Å². The van der Waals surface area contributed by atoms with Crippen LogP contribution in [0.1, 0.15) is 25.0 Å². The lowest BCUT2D eigenvalue weighted by Crippen LogP contribution is -2.19. The van der Waals surface area contributed by atoms with Crippen molar-refractivity contribution >= 4 is 0 Å². The maximum Gasteiger partial charge on any atom is 0.124 e. The molecule has 2 aromatic rings. The molecule has 1 aromatic carbocycles. The first-order valence-corrected chi connectivity index (χ1v) is 7.16. The number of rotatable bonds is 7. The first-order chi connectivity index (χ1) is 10.1. The molecule has 0 radical (unpaired) electrons. The van der Waals surface area contributed by atoms with E-state index >= 15 is 0 Å². The molecule has 0 amide bonds. The van der Waals surface area contributed by atoms with Crippen molar-refractivity contribution in [1.82, 2.24) is 10.3 Å². The summed E-state index contributed by atoms with van der Waals surface area (Å²) in [6.45, 7) is 6.18. The molecule has 1 heterocycles.